The molecule has 1 saturated heterocycles. The summed E-state index contributed by atoms with van der Waals surface area (Å²) in [4.78, 5) is 17.6. The molecule has 144 valence electrons. The van der Waals surface area contributed by atoms with E-state index in [0.717, 1.165) is 50.3 Å². The highest BCUT2D eigenvalue weighted by atomic mass is 15.4. The van der Waals surface area contributed by atoms with Gasteiger partial charge in [0.25, 0.3) is 0 Å². The molecular formula is C20H24N8. The second-order valence-corrected chi connectivity index (χ2v) is 6.54. The first kappa shape index (κ1) is 18.0. The minimum absolute atomic E-state index is 0.730. The summed E-state index contributed by atoms with van der Waals surface area (Å²) in [5.74, 6) is 1.71. The summed E-state index contributed by atoms with van der Waals surface area (Å²) >= 11 is 0. The van der Waals surface area contributed by atoms with E-state index in [1.807, 2.05) is 30.1 Å². The molecule has 3 heterocycles. The maximum Gasteiger partial charge on any atom is 0.225 e. The molecule has 8 nitrogen and oxygen atoms in total. The molecule has 28 heavy (non-hydrogen) atoms. The Labute approximate surface area is 164 Å². The number of anilines is 1. The van der Waals surface area contributed by atoms with Gasteiger partial charge in [0.1, 0.15) is 0 Å². The summed E-state index contributed by atoms with van der Waals surface area (Å²) in [5, 5.41) is 7.72. The van der Waals surface area contributed by atoms with Gasteiger partial charge in [-0.15, -0.1) is 0 Å². The van der Waals surface area contributed by atoms with E-state index in [0.29, 0.717) is 0 Å². The van der Waals surface area contributed by atoms with Crippen LogP contribution in [0, 0.1) is 0 Å². The number of aromatic nitrogens is 4. The average molecular weight is 376 g/mol. The van der Waals surface area contributed by atoms with Gasteiger partial charge in [0.05, 0.1) is 5.69 Å². The van der Waals surface area contributed by atoms with Crippen molar-refractivity contribution in [3.05, 3.63) is 66.7 Å². The van der Waals surface area contributed by atoms with Crippen LogP contribution in [0.1, 0.15) is 5.56 Å². The molecule has 0 amide bonds. The number of nitrogens with one attached hydrogen (secondary N) is 1. The van der Waals surface area contributed by atoms with Gasteiger partial charge >= 0.3 is 0 Å². The number of benzene rings is 1. The predicted molar refractivity (Wildman–Crippen MR) is 110 cm³/mol. The first-order chi connectivity index (χ1) is 13.8. The molecule has 0 radical (unpaired) electrons. The smallest absolute Gasteiger partial charge is 0.225 e. The van der Waals surface area contributed by atoms with Crippen molar-refractivity contribution in [2.75, 3.05) is 38.1 Å². The highest BCUT2D eigenvalue weighted by Gasteiger charge is 2.20. The number of hydrogen-bond donors (Lipinski definition) is 1. The fourth-order valence-electron chi connectivity index (χ4n) is 3.27. The van der Waals surface area contributed by atoms with Crippen LogP contribution in [0.5, 0.6) is 0 Å². The minimum atomic E-state index is 0.730. The Morgan fingerprint density at radius 1 is 1.00 bits per heavy atom. The van der Waals surface area contributed by atoms with E-state index in [2.05, 4.69) is 59.4 Å². The molecule has 0 atom stereocenters. The fraction of sp³-hybridized carbons (Fsp3) is 0.300. The molecule has 0 unspecified atom stereocenters. The van der Waals surface area contributed by atoms with Gasteiger partial charge in [-0.2, -0.15) is 5.10 Å². The Hall–Kier alpha value is -3.42. The monoisotopic (exact) mass is 376 g/mol. The molecule has 1 aromatic carbocycles. The van der Waals surface area contributed by atoms with Gasteiger partial charge in [-0.25, -0.2) is 14.6 Å². The van der Waals surface area contributed by atoms with Gasteiger partial charge in [0.2, 0.25) is 5.95 Å². The highest BCUT2D eigenvalue weighted by molar-refractivity contribution is 5.80. The second-order valence-electron chi connectivity index (χ2n) is 6.54. The van der Waals surface area contributed by atoms with Crippen LogP contribution in [0.25, 0.3) is 5.69 Å². The molecule has 4 rings (SSSR count). The summed E-state index contributed by atoms with van der Waals surface area (Å²) in [5.41, 5.74) is 2.26. The van der Waals surface area contributed by atoms with E-state index in [4.69, 9.17) is 0 Å². The van der Waals surface area contributed by atoms with Crippen molar-refractivity contribution < 1.29 is 0 Å². The maximum atomic E-state index is 4.45. The number of aliphatic imine (C=N–C) groups is 1. The first-order valence-electron chi connectivity index (χ1n) is 9.40. The van der Waals surface area contributed by atoms with Crippen molar-refractivity contribution in [3.63, 3.8) is 0 Å². The fourth-order valence-corrected chi connectivity index (χ4v) is 3.27. The predicted octanol–water partition coefficient (Wildman–Crippen LogP) is 1.56. The van der Waals surface area contributed by atoms with E-state index in [-0.39, 0.29) is 0 Å². The lowest BCUT2D eigenvalue weighted by Crippen LogP contribution is -2.52. The molecule has 0 spiro atoms. The maximum absolute atomic E-state index is 4.45. The van der Waals surface area contributed by atoms with Crippen LogP contribution in [0.3, 0.4) is 0 Å². The van der Waals surface area contributed by atoms with Crippen molar-refractivity contribution in [2.45, 2.75) is 6.54 Å². The van der Waals surface area contributed by atoms with Gasteiger partial charge in [-0.1, -0.05) is 12.1 Å². The van der Waals surface area contributed by atoms with E-state index >= 15 is 0 Å². The molecule has 8 heteroatoms. The molecule has 1 N–H and O–H groups in total. The molecule has 1 aliphatic rings. The number of hydrogen-bond acceptors (Lipinski definition) is 5. The number of nitrogens with zero attached hydrogens (tertiary/aromatic N) is 7. The van der Waals surface area contributed by atoms with Gasteiger partial charge in [-0.3, -0.25) is 4.99 Å². The second kappa shape index (κ2) is 8.51. The van der Waals surface area contributed by atoms with Crippen LogP contribution in [0.2, 0.25) is 0 Å². The van der Waals surface area contributed by atoms with Crippen LogP contribution in [-0.4, -0.2) is 63.8 Å². The molecule has 0 saturated carbocycles. The van der Waals surface area contributed by atoms with Crippen LogP contribution in [0.15, 0.2) is 66.2 Å². The summed E-state index contributed by atoms with van der Waals surface area (Å²) < 4.78 is 1.85. The number of guanidine groups is 1. The molecule has 1 fully saturated rings. The quantitative estimate of drug-likeness (QED) is 0.550. The molecule has 1 aliphatic heterocycles. The van der Waals surface area contributed by atoms with Crippen LogP contribution in [0.4, 0.5) is 5.95 Å². The lowest BCUT2D eigenvalue weighted by atomic mass is 10.2. The van der Waals surface area contributed by atoms with Crippen molar-refractivity contribution in [2.24, 2.45) is 4.99 Å². The summed E-state index contributed by atoms with van der Waals surface area (Å²) in [6.45, 7) is 4.26. The summed E-state index contributed by atoms with van der Waals surface area (Å²) in [6, 6.07) is 12.1. The van der Waals surface area contributed by atoms with Crippen LogP contribution in [-0.2, 0) is 6.54 Å². The molecular weight excluding hydrogens is 352 g/mol. The van der Waals surface area contributed by atoms with Gasteiger partial charge in [0, 0.05) is 64.6 Å². The lowest BCUT2D eigenvalue weighted by Gasteiger charge is -2.36. The zero-order valence-electron chi connectivity index (χ0n) is 15.9. The van der Waals surface area contributed by atoms with Gasteiger partial charge in [0.15, 0.2) is 5.96 Å². The lowest BCUT2D eigenvalue weighted by molar-refractivity contribution is 0.370. The third-order valence-corrected chi connectivity index (χ3v) is 4.78. The normalized spacial score (nSPS) is 15.0. The van der Waals surface area contributed by atoms with Crippen LogP contribution >= 0.6 is 0 Å². The summed E-state index contributed by atoms with van der Waals surface area (Å²) in [6.07, 6.45) is 7.29. The van der Waals surface area contributed by atoms with Gasteiger partial charge in [-0.05, 0) is 29.8 Å². The Morgan fingerprint density at radius 2 is 1.75 bits per heavy atom. The van der Waals surface area contributed by atoms with Crippen molar-refractivity contribution in [1.29, 1.82) is 0 Å². The third-order valence-electron chi connectivity index (χ3n) is 4.78. The zero-order valence-corrected chi connectivity index (χ0v) is 15.9. The Kier molecular flexibility index (Phi) is 5.46. The Bertz CT molecular complexity index is 882. The number of rotatable bonds is 4. The van der Waals surface area contributed by atoms with Crippen LogP contribution < -0.4 is 10.2 Å². The molecule has 3 aromatic rings. The molecule has 0 bridgehead atoms. The Balaban J connectivity index is 1.30. The van der Waals surface area contributed by atoms with E-state index in [9.17, 15) is 0 Å². The first-order valence-corrected chi connectivity index (χ1v) is 9.40. The Morgan fingerprint density at radius 3 is 2.39 bits per heavy atom. The van der Waals surface area contributed by atoms with E-state index in [1.165, 1.54) is 5.56 Å². The average Bonchev–Trinajstić information content (AvgIpc) is 3.31. The van der Waals surface area contributed by atoms with Crippen molar-refractivity contribution >= 4 is 11.9 Å². The molecule has 2 aromatic heterocycles. The third kappa shape index (κ3) is 4.11. The van der Waals surface area contributed by atoms with Gasteiger partial charge < -0.3 is 15.1 Å². The highest BCUT2D eigenvalue weighted by Crippen LogP contribution is 2.11. The zero-order chi connectivity index (χ0) is 19.2. The van der Waals surface area contributed by atoms with Crippen molar-refractivity contribution in [1.82, 2.24) is 30.0 Å². The SMILES string of the molecule is CN=C(NCc1ccc(-n2cccn2)cc1)N1CCN(c2ncccn2)CC1. The van der Waals surface area contributed by atoms with E-state index < -0.39 is 0 Å². The standard InChI is InChI=1S/C20H24N8/c1-21-19(26-12-14-27(15-13-26)20-22-8-2-9-23-20)24-16-17-4-6-18(7-5-17)28-11-3-10-25-28/h2-11H,12-16H2,1H3,(H,21,24). The largest absolute Gasteiger partial charge is 0.352 e. The topological polar surface area (TPSA) is 74.5 Å². The van der Waals surface area contributed by atoms with E-state index in [1.54, 1.807) is 18.6 Å². The summed E-state index contributed by atoms with van der Waals surface area (Å²) in [7, 11) is 1.83. The number of piperazine rings is 1. The molecule has 0 aliphatic carbocycles. The minimum Gasteiger partial charge on any atom is -0.352 e. The van der Waals surface area contributed by atoms with Crippen molar-refractivity contribution in [3.8, 4) is 5.69 Å².